The molecule has 1 aliphatic rings. The van der Waals surface area contributed by atoms with Crippen LogP contribution in [0.2, 0.25) is 5.02 Å². The third-order valence-electron chi connectivity index (χ3n) is 5.51. The molecule has 0 bridgehead atoms. The summed E-state index contributed by atoms with van der Waals surface area (Å²) in [7, 11) is 1.58. The number of ether oxygens (including phenoxy) is 1. The molecule has 9 heteroatoms. The van der Waals surface area contributed by atoms with E-state index < -0.39 is 0 Å². The summed E-state index contributed by atoms with van der Waals surface area (Å²) < 4.78 is 7.33. The van der Waals surface area contributed by atoms with Crippen molar-refractivity contribution in [2.24, 2.45) is 0 Å². The predicted molar refractivity (Wildman–Crippen MR) is 122 cm³/mol. The lowest BCUT2D eigenvalue weighted by atomic mass is 10.1. The van der Waals surface area contributed by atoms with Gasteiger partial charge in [-0.25, -0.2) is 19.9 Å². The van der Waals surface area contributed by atoms with Gasteiger partial charge < -0.3 is 19.4 Å². The van der Waals surface area contributed by atoms with Gasteiger partial charge in [0.15, 0.2) is 5.65 Å². The second-order valence-electron chi connectivity index (χ2n) is 8.18. The molecule has 0 amide bonds. The van der Waals surface area contributed by atoms with Crippen LogP contribution in [-0.4, -0.2) is 56.6 Å². The van der Waals surface area contributed by atoms with Gasteiger partial charge in [0.1, 0.15) is 5.69 Å². The van der Waals surface area contributed by atoms with E-state index >= 15 is 0 Å². The highest BCUT2D eigenvalue weighted by atomic mass is 35.5. The molecular weight excluding hydrogens is 414 g/mol. The van der Waals surface area contributed by atoms with Gasteiger partial charge in [-0.2, -0.15) is 0 Å². The molecule has 1 N–H and O–H groups in total. The number of nitrogens with zero attached hydrogens (tertiary/aromatic N) is 6. The molecule has 1 aliphatic heterocycles. The van der Waals surface area contributed by atoms with E-state index in [1.165, 1.54) is 0 Å². The second-order valence-corrected chi connectivity index (χ2v) is 8.58. The number of anilines is 1. The number of halogens is 1. The van der Waals surface area contributed by atoms with Crippen molar-refractivity contribution in [2.75, 3.05) is 25.1 Å². The van der Waals surface area contributed by atoms with E-state index in [2.05, 4.69) is 45.1 Å². The first-order chi connectivity index (χ1) is 14.9. The monoisotopic (exact) mass is 437 g/mol. The van der Waals surface area contributed by atoms with Crippen molar-refractivity contribution in [3.63, 3.8) is 0 Å². The Hall–Kier alpha value is -2.97. The number of rotatable bonds is 3. The highest BCUT2D eigenvalue weighted by Gasteiger charge is 2.22. The number of methoxy groups -OCH3 is 1. The molecule has 8 nitrogen and oxygen atoms in total. The van der Waals surface area contributed by atoms with Gasteiger partial charge in [0, 0.05) is 43.0 Å². The molecule has 0 aromatic carbocycles. The van der Waals surface area contributed by atoms with Crippen LogP contribution in [0.5, 0.6) is 5.88 Å². The van der Waals surface area contributed by atoms with Gasteiger partial charge in [0.05, 0.1) is 35.4 Å². The molecule has 2 atom stereocenters. The van der Waals surface area contributed by atoms with E-state index in [1.54, 1.807) is 7.11 Å². The maximum Gasteiger partial charge on any atom is 0.258 e. The molecule has 1 saturated heterocycles. The average Bonchev–Trinajstić information content (AvgIpc) is 3.12. The first-order valence-corrected chi connectivity index (χ1v) is 10.7. The van der Waals surface area contributed by atoms with Crippen LogP contribution in [0.25, 0.3) is 28.1 Å². The Labute approximate surface area is 185 Å². The molecule has 0 saturated carbocycles. The lowest BCUT2D eigenvalue weighted by Gasteiger charge is -2.37. The quantitative estimate of drug-likeness (QED) is 0.525. The Bertz CT molecular complexity index is 1280. The van der Waals surface area contributed by atoms with E-state index in [9.17, 15) is 0 Å². The summed E-state index contributed by atoms with van der Waals surface area (Å²) in [5.41, 5.74) is 4.46. The smallest absolute Gasteiger partial charge is 0.258 e. The van der Waals surface area contributed by atoms with Gasteiger partial charge in [-0.05, 0) is 32.9 Å². The summed E-state index contributed by atoms with van der Waals surface area (Å²) in [5.74, 6) is 0.439. The summed E-state index contributed by atoms with van der Waals surface area (Å²) in [6.45, 7) is 8.16. The lowest BCUT2D eigenvalue weighted by Crippen LogP contribution is -2.54. The molecule has 0 aliphatic carbocycles. The third-order valence-corrected chi connectivity index (χ3v) is 5.82. The fourth-order valence-electron chi connectivity index (χ4n) is 4.25. The van der Waals surface area contributed by atoms with Crippen LogP contribution in [0.15, 0.2) is 30.7 Å². The highest BCUT2D eigenvalue weighted by Crippen LogP contribution is 2.31. The van der Waals surface area contributed by atoms with Crippen molar-refractivity contribution in [1.82, 2.24) is 29.7 Å². The first kappa shape index (κ1) is 20.0. The number of aromatic nitrogens is 5. The van der Waals surface area contributed by atoms with Crippen LogP contribution < -0.4 is 15.0 Å². The van der Waals surface area contributed by atoms with Crippen LogP contribution in [0.4, 0.5) is 5.69 Å². The first-order valence-electron chi connectivity index (χ1n) is 10.3. The number of imidazole rings is 1. The molecule has 5 heterocycles. The maximum atomic E-state index is 6.69. The van der Waals surface area contributed by atoms with Crippen molar-refractivity contribution in [3.05, 3.63) is 41.4 Å². The van der Waals surface area contributed by atoms with Crippen molar-refractivity contribution < 1.29 is 4.74 Å². The Balaban J connectivity index is 1.57. The van der Waals surface area contributed by atoms with Gasteiger partial charge in [0.25, 0.3) is 5.88 Å². The molecule has 31 heavy (non-hydrogen) atoms. The van der Waals surface area contributed by atoms with E-state index in [4.69, 9.17) is 21.3 Å². The Morgan fingerprint density at radius 1 is 1.06 bits per heavy atom. The molecule has 4 aromatic rings. The van der Waals surface area contributed by atoms with Crippen LogP contribution >= 0.6 is 11.6 Å². The van der Waals surface area contributed by atoms with E-state index in [0.717, 1.165) is 29.9 Å². The zero-order valence-electron chi connectivity index (χ0n) is 17.9. The van der Waals surface area contributed by atoms with Crippen LogP contribution in [0.1, 0.15) is 19.5 Å². The lowest BCUT2D eigenvalue weighted by molar-refractivity contribution is 0.400. The fraction of sp³-hybridized carbons (Fsp3) is 0.364. The number of piperazine rings is 1. The minimum atomic E-state index is 0.415. The summed E-state index contributed by atoms with van der Waals surface area (Å²) in [5, 5.41) is 4.97. The van der Waals surface area contributed by atoms with Gasteiger partial charge >= 0.3 is 0 Å². The number of fused-ring (bicyclic) bond motifs is 2. The molecular formula is C22H24ClN7O. The molecule has 0 spiro atoms. The van der Waals surface area contributed by atoms with E-state index in [0.29, 0.717) is 45.7 Å². The number of nitrogens with one attached hydrogen (secondary N) is 1. The van der Waals surface area contributed by atoms with E-state index in [1.807, 2.05) is 36.0 Å². The normalized spacial score (nSPS) is 19.3. The molecule has 4 aromatic heterocycles. The standard InChI is InChI=1S/C22H24ClN7O/c1-12-8-29(9-13(2)25-12)15-5-16-17(23)6-18(27-20(16)24-7-15)19-11-30-10-14(3)26-21(30)22(28-19)31-4/h5-7,10-13,25H,8-9H2,1-4H3/t12-,13-/m0/s1. The zero-order chi connectivity index (χ0) is 21.7. The molecule has 1 fully saturated rings. The largest absolute Gasteiger partial charge is 0.478 e. The number of aryl methyl sites for hydroxylation is 1. The van der Waals surface area contributed by atoms with Crippen molar-refractivity contribution in [3.8, 4) is 17.3 Å². The highest BCUT2D eigenvalue weighted by molar-refractivity contribution is 6.35. The van der Waals surface area contributed by atoms with Gasteiger partial charge in [-0.15, -0.1) is 0 Å². The van der Waals surface area contributed by atoms with Crippen LogP contribution in [0.3, 0.4) is 0 Å². The third kappa shape index (κ3) is 3.66. The predicted octanol–water partition coefficient (Wildman–Crippen LogP) is 3.50. The van der Waals surface area contributed by atoms with Gasteiger partial charge in [-0.1, -0.05) is 11.6 Å². The zero-order valence-corrected chi connectivity index (χ0v) is 18.7. The minimum Gasteiger partial charge on any atom is -0.478 e. The maximum absolute atomic E-state index is 6.69. The van der Waals surface area contributed by atoms with Gasteiger partial charge in [-0.3, -0.25) is 0 Å². The summed E-state index contributed by atoms with van der Waals surface area (Å²) >= 11 is 6.69. The SMILES string of the molecule is COc1nc(-c2cc(Cl)c3cc(N4C[C@H](C)N[C@@H](C)C4)cnc3n2)cn2cc(C)nc12. The minimum absolute atomic E-state index is 0.415. The van der Waals surface area contributed by atoms with Crippen LogP contribution in [0, 0.1) is 6.92 Å². The van der Waals surface area contributed by atoms with Crippen molar-refractivity contribution >= 4 is 34.0 Å². The Kier molecular flexibility index (Phi) is 4.91. The molecule has 0 unspecified atom stereocenters. The van der Waals surface area contributed by atoms with Crippen molar-refractivity contribution in [2.45, 2.75) is 32.9 Å². The summed E-state index contributed by atoms with van der Waals surface area (Å²) in [4.78, 5) is 20.7. The number of hydrogen-bond donors (Lipinski definition) is 1. The molecule has 0 radical (unpaired) electrons. The number of pyridine rings is 2. The molecule has 160 valence electrons. The summed E-state index contributed by atoms with van der Waals surface area (Å²) in [6.07, 6.45) is 5.67. The Morgan fingerprint density at radius 2 is 1.84 bits per heavy atom. The average molecular weight is 438 g/mol. The molecule has 5 rings (SSSR count). The van der Waals surface area contributed by atoms with Gasteiger partial charge in [0.2, 0.25) is 5.65 Å². The Morgan fingerprint density at radius 3 is 2.58 bits per heavy atom. The van der Waals surface area contributed by atoms with Crippen LogP contribution in [-0.2, 0) is 0 Å². The van der Waals surface area contributed by atoms with Crippen molar-refractivity contribution in [1.29, 1.82) is 0 Å². The topological polar surface area (TPSA) is 80.5 Å². The number of hydrogen-bond acceptors (Lipinski definition) is 7. The summed E-state index contributed by atoms with van der Waals surface area (Å²) in [6, 6.07) is 4.73. The fourth-order valence-corrected chi connectivity index (χ4v) is 4.49. The second kappa shape index (κ2) is 7.62. The van der Waals surface area contributed by atoms with E-state index in [-0.39, 0.29) is 0 Å².